The van der Waals surface area contributed by atoms with Crippen LogP contribution in [0.5, 0.6) is 0 Å². The molecule has 4 fully saturated rings. The summed E-state index contributed by atoms with van der Waals surface area (Å²) in [5.41, 5.74) is 3.04. The van der Waals surface area contributed by atoms with Crippen LogP contribution in [0.2, 0.25) is 0 Å². The summed E-state index contributed by atoms with van der Waals surface area (Å²) in [5, 5.41) is 6.75. The number of rotatable bonds is 5. The number of pyridine rings is 1. The Labute approximate surface area is 147 Å². The van der Waals surface area contributed by atoms with Gasteiger partial charge in [-0.3, -0.25) is 14.6 Å². The van der Waals surface area contributed by atoms with Crippen LogP contribution in [0, 0.1) is 23.2 Å². The number of aromatic nitrogens is 1. The number of hydrogen-bond acceptors (Lipinski definition) is 4. The Morgan fingerprint density at radius 3 is 2.48 bits per heavy atom. The average molecular weight is 340 g/mol. The van der Waals surface area contributed by atoms with Crippen molar-refractivity contribution >= 4 is 18.0 Å². The van der Waals surface area contributed by atoms with Crippen LogP contribution in [0.1, 0.15) is 44.1 Å². The first kappa shape index (κ1) is 16.2. The highest BCUT2D eigenvalue weighted by molar-refractivity contribution is 5.88. The molecule has 4 aliphatic rings. The third-order valence-electron chi connectivity index (χ3n) is 6.02. The van der Waals surface area contributed by atoms with Crippen molar-refractivity contribution in [2.45, 2.75) is 38.5 Å². The van der Waals surface area contributed by atoms with E-state index in [9.17, 15) is 9.59 Å². The maximum absolute atomic E-state index is 12.8. The van der Waals surface area contributed by atoms with Crippen molar-refractivity contribution in [2.24, 2.45) is 28.3 Å². The van der Waals surface area contributed by atoms with Gasteiger partial charge in [-0.1, -0.05) is 6.07 Å². The number of carbonyl (C=O) groups excluding carboxylic acids is 2. The largest absolute Gasteiger partial charge is 0.346 e. The van der Waals surface area contributed by atoms with Gasteiger partial charge in [-0.05, 0) is 62.3 Å². The van der Waals surface area contributed by atoms with Crippen LogP contribution >= 0.6 is 0 Å². The van der Waals surface area contributed by atoms with Crippen LogP contribution in [-0.4, -0.2) is 29.6 Å². The summed E-state index contributed by atoms with van der Waals surface area (Å²) in [4.78, 5) is 28.6. The molecule has 0 spiro atoms. The lowest BCUT2D eigenvalue weighted by molar-refractivity contribution is -0.147. The topological polar surface area (TPSA) is 83.5 Å². The molecule has 6 heteroatoms. The zero-order valence-electron chi connectivity index (χ0n) is 14.3. The molecule has 4 aliphatic carbocycles. The van der Waals surface area contributed by atoms with E-state index in [-0.39, 0.29) is 23.8 Å². The Morgan fingerprint density at radius 2 is 1.88 bits per heavy atom. The van der Waals surface area contributed by atoms with Crippen LogP contribution < -0.4 is 10.7 Å². The van der Waals surface area contributed by atoms with Crippen LogP contribution in [0.25, 0.3) is 0 Å². The van der Waals surface area contributed by atoms with Gasteiger partial charge < -0.3 is 5.32 Å². The Balaban J connectivity index is 1.27. The zero-order chi connectivity index (χ0) is 17.3. The van der Waals surface area contributed by atoms with Crippen molar-refractivity contribution in [2.75, 3.05) is 6.54 Å². The van der Waals surface area contributed by atoms with E-state index in [0.29, 0.717) is 0 Å². The molecule has 6 nitrogen and oxygen atoms in total. The first-order chi connectivity index (χ1) is 12.1. The smallest absolute Gasteiger partial charge is 0.259 e. The van der Waals surface area contributed by atoms with E-state index in [2.05, 4.69) is 20.8 Å². The highest BCUT2D eigenvalue weighted by Gasteiger charge is 2.54. The summed E-state index contributed by atoms with van der Waals surface area (Å²) >= 11 is 0. The van der Waals surface area contributed by atoms with Crippen LogP contribution in [0.4, 0.5) is 0 Å². The van der Waals surface area contributed by atoms with E-state index in [1.165, 1.54) is 25.5 Å². The summed E-state index contributed by atoms with van der Waals surface area (Å²) in [6, 6.07) is 3.65. The quantitative estimate of drug-likeness (QED) is 0.634. The fourth-order valence-electron chi connectivity index (χ4n) is 5.41. The van der Waals surface area contributed by atoms with Gasteiger partial charge in [-0.25, -0.2) is 5.43 Å². The molecule has 25 heavy (non-hydrogen) atoms. The summed E-state index contributed by atoms with van der Waals surface area (Å²) in [6.45, 7) is -0.0229. The molecule has 0 unspecified atom stereocenters. The van der Waals surface area contributed by atoms with Crippen molar-refractivity contribution in [1.29, 1.82) is 0 Å². The number of amides is 2. The highest BCUT2D eigenvalue weighted by Crippen LogP contribution is 2.60. The summed E-state index contributed by atoms with van der Waals surface area (Å²) in [5.74, 6) is 1.91. The predicted molar refractivity (Wildman–Crippen MR) is 93.6 cm³/mol. The van der Waals surface area contributed by atoms with Crippen molar-refractivity contribution in [3.05, 3.63) is 30.1 Å². The molecule has 0 aromatic carbocycles. The number of hydrazone groups is 1. The number of nitrogens with zero attached hydrogens (tertiary/aromatic N) is 2. The van der Waals surface area contributed by atoms with Crippen LogP contribution in [0.3, 0.4) is 0 Å². The lowest BCUT2D eigenvalue weighted by atomic mass is 9.49. The SMILES string of the molecule is O=C(CNC(=O)C12CC3CC(CC(C3)C1)C2)NN=Cc1cccnc1. The first-order valence-corrected chi connectivity index (χ1v) is 9.13. The van der Waals surface area contributed by atoms with Gasteiger partial charge in [0.2, 0.25) is 5.91 Å². The third-order valence-corrected chi connectivity index (χ3v) is 6.02. The van der Waals surface area contributed by atoms with E-state index in [4.69, 9.17) is 0 Å². The summed E-state index contributed by atoms with van der Waals surface area (Å²) < 4.78 is 0. The van der Waals surface area contributed by atoms with E-state index in [0.717, 1.165) is 42.6 Å². The van der Waals surface area contributed by atoms with E-state index < -0.39 is 0 Å². The lowest BCUT2D eigenvalue weighted by Crippen LogP contribution is -2.54. The molecule has 5 rings (SSSR count). The Kier molecular flexibility index (Phi) is 4.27. The molecule has 0 aliphatic heterocycles. The fourth-order valence-corrected chi connectivity index (χ4v) is 5.41. The molecule has 0 radical (unpaired) electrons. The maximum Gasteiger partial charge on any atom is 0.259 e. The molecule has 2 N–H and O–H groups in total. The monoisotopic (exact) mass is 340 g/mol. The standard InChI is InChI=1S/C19H24N4O2/c24-17(23-22-11-13-2-1-3-20-10-13)12-21-18(25)19-7-14-4-15(8-19)6-16(5-14)9-19/h1-3,10-11,14-16H,4-9,12H2,(H,21,25)(H,23,24). The third kappa shape index (κ3) is 3.43. The minimum Gasteiger partial charge on any atom is -0.346 e. The molecule has 0 atom stereocenters. The van der Waals surface area contributed by atoms with Gasteiger partial charge in [0.05, 0.1) is 12.8 Å². The second kappa shape index (κ2) is 6.58. The minimum absolute atomic E-state index is 0.0229. The first-order valence-electron chi connectivity index (χ1n) is 9.13. The summed E-state index contributed by atoms with van der Waals surface area (Å²) in [7, 11) is 0. The van der Waals surface area contributed by atoms with Gasteiger partial charge in [0.25, 0.3) is 5.91 Å². The van der Waals surface area contributed by atoms with Crippen molar-refractivity contribution < 1.29 is 9.59 Å². The predicted octanol–water partition coefficient (Wildman–Crippen LogP) is 1.86. The normalized spacial score (nSPS) is 32.7. The summed E-state index contributed by atoms with van der Waals surface area (Å²) in [6.07, 6.45) is 11.8. The van der Waals surface area contributed by atoms with Crippen molar-refractivity contribution in [3.63, 3.8) is 0 Å². The maximum atomic E-state index is 12.8. The van der Waals surface area contributed by atoms with Gasteiger partial charge in [-0.15, -0.1) is 0 Å². The molecule has 4 saturated carbocycles. The van der Waals surface area contributed by atoms with Gasteiger partial charge in [0.1, 0.15) is 0 Å². The van der Waals surface area contributed by atoms with Crippen molar-refractivity contribution in [1.82, 2.24) is 15.7 Å². The van der Waals surface area contributed by atoms with Crippen LogP contribution in [0.15, 0.2) is 29.6 Å². The van der Waals surface area contributed by atoms with E-state index >= 15 is 0 Å². The molecule has 1 aromatic rings. The van der Waals surface area contributed by atoms with Gasteiger partial charge >= 0.3 is 0 Å². The Hall–Kier alpha value is -2.24. The van der Waals surface area contributed by atoms with Gasteiger partial charge in [0.15, 0.2) is 0 Å². The Morgan fingerprint density at radius 1 is 1.20 bits per heavy atom. The van der Waals surface area contributed by atoms with E-state index in [1.807, 2.05) is 6.07 Å². The molecule has 2 amide bonds. The Bertz CT molecular complexity index is 651. The number of hydrogen-bond donors (Lipinski definition) is 2. The molecular weight excluding hydrogens is 316 g/mol. The van der Waals surface area contributed by atoms with Gasteiger partial charge in [-0.2, -0.15) is 5.10 Å². The highest BCUT2D eigenvalue weighted by atomic mass is 16.2. The minimum atomic E-state index is -0.307. The molecule has 4 bridgehead atoms. The van der Waals surface area contributed by atoms with Crippen LogP contribution in [-0.2, 0) is 9.59 Å². The number of carbonyl (C=O) groups is 2. The van der Waals surface area contributed by atoms with E-state index in [1.54, 1.807) is 18.5 Å². The zero-order valence-corrected chi connectivity index (χ0v) is 14.3. The molecule has 1 aromatic heterocycles. The van der Waals surface area contributed by atoms with Gasteiger partial charge in [0, 0.05) is 23.4 Å². The fraction of sp³-hybridized carbons (Fsp3) is 0.579. The number of nitrogens with one attached hydrogen (secondary N) is 2. The average Bonchev–Trinajstić information content (AvgIpc) is 2.59. The molecule has 132 valence electrons. The second-order valence-electron chi connectivity index (χ2n) is 7.96. The molecule has 0 saturated heterocycles. The molecular formula is C19H24N4O2. The second-order valence-corrected chi connectivity index (χ2v) is 7.96. The lowest BCUT2D eigenvalue weighted by Gasteiger charge is -2.55. The van der Waals surface area contributed by atoms with Crippen molar-refractivity contribution in [3.8, 4) is 0 Å². The molecule has 1 heterocycles.